The lowest BCUT2D eigenvalue weighted by Gasteiger charge is -2.16. The van der Waals surface area contributed by atoms with Crippen molar-refractivity contribution in [1.29, 1.82) is 0 Å². The van der Waals surface area contributed by atoms with E-state index in [1.807, 2.05) is 0 Å². The molecular weight excluding hydrogens is 186 g/mol. The fraction of sp³-hybridized carbons (Fsp3) is 0.889. The molecule has 0 bridgehead atoms. The zero-order valence-corrected chi connectivity index (χ0v) is 8.97. The van der Waals surface area contributed by atoms with E-state index in [4.69, 9.17) is 5.73 Å². The van der Waals surface area contributed by atoms with Gasteiger partial charge in [0, 0.05) is 11.3 Å². The minimum absolute atomic E-state index is 0.141. The van der Waals surface area contributed by atoms with E-state index >= 15 is 0 Å². The molecule has 0 aliphatic heterocycles. The molecule has 13 heavy (non-hydrogen) atoms. The maximum absolute atomic E-state index is 10.9. The highest BCUT2D eigenvalue weighted by Crippen LogP contribution is 2.33. The van der Waals surface area contributed by atoms with E-state index in [1.54, 1.807) is 11.8 Å². The SMILES string of the molecule is COC(=O)CSC1CCC(N)C1C. The van der Waals surface area contributed by atoms with Crippen LogP contribution >= 0.6 is 11.8 Å². The number of hydrogen-bond acceptors (Lipinski definition) is 4. The molecule has 4 heteroatoms. The van der Waals surface area contributed by atoms with Crippen LogP contribution in [-0.2, 0) is 9.53 Å². The maximum atomic E-state index is 10.9. The Morgan fingerprint density at radius 2 is 2.31 bits per heavy atom. The molecule has 3 atom stereocenters. The van der Waals surface area contributed by atoms with Gasteiger partial charge < -0.3 is 10.5 Å². The molecule has 1 aliphatic rings. The second kappa shape index (κ2) is 4.86. The third kappa shape index (κ3) is 2.88. The van der Waals surface area contributed by atoms with Crippen LogP contribution in [0.3, 0.4) is 0 Å². The Morgan fingerprint density at radius 1 is 1.62 bits per heavy atom. The molecule has 1 saturated carbocycles. The number of esters is 1. The van der Waals surface area contributed by atoms with Crippen molar-refractivity contribution in [3.05, 3.63) is 0 Å². The van der Waals surface area contributed by atoms with Crippen LogP contribution in [0.15, 0.2) is 0 Å². The summed E-state index contributed by atoms with van der Waals surface area (Å²) in [6.45, 7) is 2.16. The zero-order chi connectivity index (χ0) is 9.84. The van der Waals surface area contributed by atoms with E-state index in [2.05, 4.69) is 11.7 Å². The van der Waals surface area contributed by atoms with Gasteiger partial charge in [-0.25, -0.2) is 0 Å². The molecule has 1 rings (SSSR count). The summed E-state index contributed by atoms with van der Waals surface area (Å²) in [5, 5.41) is 0.536. The standard InChI is InChI=1S/C9H17NO2S/c1-6-7(10)3-4-8(6)13-5-9(11)12-2/h6-8H,3-5,10H2,1-2H3. The Hall–Kier alpha value is -0.220. The Balaban J connectivity index is 2.26. The van der Waals surface area contributed by atoms with Crippen molar-refractivity contribution in [2.75, 3.05) is 12.9 Å². The number of thioether (sulfide) groups is 1. The number of hydrogen-bond donors (Lipinski definition) is 1. The first-order valence-corrected chi connectivity index (χ1v) is 5.64. The third-order valence-electron chi connectivity index (χ3n) is 2.69. The van der Waals surface area contributed by atoms with Gasteiger partial charge >= 0.3 is 5.97 Å². The van der Waals surface area contributed by atoms with Crippen molar-refractivity contribution < 1.29 is 9.53 Å². The Kier molecular flexibility index (Phi) is 4.06. The van der Waals surface area contributed by atoms with Crippen molar-refractivity contribution >= 4 is 17.7 Å². The van der Waals surface area contributed by atoms with Crippen LogP contribution in [0.5, 0.6) is 0 Å². The molecule has 2 N–H and O–H groups in total. The molecule has 0 aromatic heterocycles. The zero-order valence-electron chi connectivity index (χ0n) is 8.16. The molecule has 0 saturated heterocycles. The lowest BCUT2D eigenvalue weighted by molar-refractivity contribution is -0.137. The number of rotatable bonds is 3. The minimum Gasteiger partial charge on any atom is -0.468 e. The molecule has 0 aromatic rings. The van der Waals surface area contributed by atoms with Crippen LogP contribution < -0.4 is 5.73 Å². The highest BCUT2D eigenvalue weighted by molar-refractivity contribution is 8.00. The Labute approximate surface area is 83.4 Å². The molecule has 0 spiro atoms. The van der Waals surface area contributed by atoms with Gasteiger partial charge in [-0.3, -0.25) is 4.79 Å². The van der Waals surface area contributed by atoms with Crippen LogP contribution in [0, 0.1) is 5.92 Å². The molecular formula is C9H17NO2S. The lowest BCUT2D eigenvalue weighted by Crippen LogP contribution is -2.26. The second-order valence-corrected chi connectivity index (χ2v) is 4.75. The van der Waals surface area contributed by atoms with E-state index in [0.717, 1.165) is 12.8 Å². The summed E-state index contributed by atoms with van der Waals surface area (Å²) in [6.07, 6.45) is 2.21. The van der Waals surface area contributed by atoms with Crippen LogP contribution in [0.2, 0.25) is 0 Å². The maximum Gasteiger partial charge on any atom is 0.315 e. The van der Waals surface area contributed by atoms with Crippen molar-refractivity contribution in [3.8, 4) is 0 Å². The van der Waals surface area contributed by atoms with Gasteiger partial charge in [-0.2, -0.15) is 0 Å². The number of ether oxygens (including phenoxy) is 1. The molecule has 1 fully saturated rings. The predicted octanol–water partition coefficient (Wildman–Crippen LogP) is 1.02. The molecule has 0 aromatic carbocycles. The second-order valence-electron chi connectivity index (χ2n) is 3.53. The van der Waals surface area contributed by atoms with Crippen LogP contribution in [0.25, 0.3) is 0 Å². The number of nitrogens with two attached hydrogens (primary N) is 1. The normalized spacial score (nSPS) is 33.3. The summed E-state index contributed by atoms with van der Waals surface area (Å²) in [6, 6.07) is 0.315. The van der Waals surface area contributed by atoms with E-state index in [-0.39, 0.29) is 5.97 Å². The first kappa shape index (κ1) is 10.9. The summed E-state index contributed by atoms with van der Waals surface area (Å²) < 4.78 is 4.58. The van der Waals surface area contributed by atoms with Crippen molar-refractivity contribution in [3.63, 3.8) is 0 Å². The Bertz CT molecular complexity index is 186. The molecule has 76 valence electrons. The Morgan fingerprint density at radius 3 is 2.77 bits per heavy atom. The first-order valence-electron chi connectivity index (χ1n) is 4.59. The average Bonchev–Trinajstić information content (AvgIpc) is 2.44. The fourth-order valence-electron chi connectivity index (χ4n) is 1.63. The van der Waals surface area contributed by atoms with Gasteiger partial charge in [-0.1, -0.05) is 6.92 Å². The van der Waals surface area contributed by atoms with E-state index < -0.39 is 0 Å². The van der Waals surface area contributed by atoms with Crippen molar-refractivity contribution in [1.82, 2.24) is 0 Å². The highest BCUT2D eigenvalue weighted by Gasteiger charge is 2.30. The first-order chi connectivity index (χ1) is 6.15. The van der Waals surface area contributed by atoms with E-state index in [0.29, 0.717) is 23.0 Å². The van der Waals surface area contributed by atoms with Crippen molar-refractivity contribution in [2.45, 2.75) is 31.1 Å². The lowest BCUT2D eigenvalue weighted by atomic mass is 10.1. The van der Waals surface area contributed by atoms with Crippen LogP contribution in [-0.4, -0.2) is 30.1 Å². The average molecular weight is 203 g/mol. The molecule has 1 aliphatic carbocycles. The van der Waals surface area contributed by atoms with Gasteiger partial charge in [0.2, 0.25) is 0 Å². The number of carbonyl (C=O) groups is 1. The summed E-state index contributed by atoms with van der Waals surface area (Å²) in [5.41, 5.74) is 5.88. The van der Waals surface area contributed by atoms with Crippen LogP contribution in [0.4, 0.5) is 0 Å². The summed E-state index contributed by atoms with van der Waals surface area (Å²) >= 11 is 1.67. The van der Waals surface area contributed by atoms with Gasteiger partial charge in [-0.05, 0) is 18.8 Å². The molecule has 0 amide bonds. The smallest absolute Gasteiger partial charge is 0.315 e. The van der Waals surface area contributed by atoms with Gasteiger partial charge in [-0.15, -0.1) is 11.8 Å². The quantitative estimate of drug-likeness (QED) is 0.696. The fourth-order valence-corrected chi connectivity index (χ4v) is 2.90. The highest BCUT2D eigenvalue weighted by atomic mass is 32.2. The summed E-state index contributed by atoms with van der Waals surface area (Å²) in [7, 11) is 1.42. The third-order valence-corrected chi connectivity index (χ3v) is 4.18. The number of carbonyl (C=O) groups excluding carboxylic acids is 1. The topological polar surface area (TPSA) is 52.3 Å². The monoisotopic (exact) mass is 203 g/mol. The van der Waals surface area contributed by atoms with Crippen molar-refractivity contribution in [2.24, 2.45) is 11.7 Å². The molecule has 0 radical (unpaired) electrons. The summed E-state index contributed by atoms with van der Waals surface area (Å²) in [5.74, 6) is 0.838. The van der Waals surface area contributed by atoms with Gasteiger partial charge in [0.25, 0.3) is 0 Å². The largest absolute Gasteiger partial charge is 0.468 e. The van der Waals surface area contributed by atoms with Gasteiger partial charge in [0.1, 0.15) is 0 Å². The van der Waals surface area contributed by atoms with Crippen LogP contribution in [0.1, 0.15) is 19.8 Å². The molecule has 0 heterocycles. The molecule has 3 unspecified atom stereocenters. The summed E-state index contributed by atoms with van der Waals surface area (Å²) in [4.78, 5) is 10.9. The van der Waals surface area contributed by atoms with E-state index in [1.165, 1.54) is 7.11 Å². The predicted molar refractivity (Wildman–Crippen MR) is 54.6 cm³/mol. The van der Waals surface area contributed by atoms with E-state index in [9.17, 15) is 4.79 Å². The molecule has 3 nitrogen and oxygen atoms in total. The number of methoxy groups -OCH3 is 1. The van der Waals surface area contributed by atoms with Gasteiger partial charge in [0.15, 0.2) is 0 Å². The van der Waals surface area contributed by atoms with Gasteiger partial charge in [0.05, 0.1) is 12.9 Å². The minimum atomic E-state index is -0.141.